The minimum atomic E-state index is -0.230. The summed E-state index contributed by atoms with van der Waals surface area (Å²) in [5, 5.41) is 1.37. The van der Waals surface area contributed by atoms with Gasteiger partial charge < -0.3 is 4.74 Å². The molecule has 0 radical (unpaired) electrons. The van der Waals surface area contributed by atoms with Crippen molar-refractivity contribution in [3.63, 3.8) is 0 Å². The lowest BCUT2D eigenvalue weighted by molar-refractivity contribution is 0.0526. The monoisotopic (exact) mass is 238 g/mol. The highest BCUT2D eigenvalue weighted by Gasteiger charge is 2.09. The summed E-state index contributed by atoms with van der Waals surface area (Å²) < 4.78 is 4.95. The molecule has 0 saturated heterocycles. The van der Waals surface area contributed by atoms with Gasteiger partial charge in [-0.15, -0.1) is 0 Å². The van der Waals surface area contributed by atoms with Crippen LogP contribution in [0.15, 0.2) is 24.3 Å². The predicted molar refractivity (Wildman–Crippen MR) is 70.0 cm³/mol. The molecule has 0 spiro atoms. The van der Waals surface area contributed by atoms with Gasteiger partial charge in [0.25, 0.3) is 0 Å². The van der Waals surface area contributed by atoms with Crippen LogP contribution in [0.2, 0.25) is 0 Å². The standard InChI is InChI=1S/C13H19O2P/c1-4-15-13(14)11-7-9-12(10-8-11)16(5-2)6-3/h7-10H,4-6H2,1-3H3. The van der Waals surface area contributed by atoms with Crippen molar-refractivity contribution in [3.8, 4) is 0 Å². The van der Waals surface area contributed by atoms with Crippen molar-refractivity contribution in [2.75, 3.05) is 18.9 Å². The van der Waals surface area contributed by atoms with E-state index in [-0.39, 0.29) is 13.9 Å². The van der Waals surface area contributed by atoms with E-state index in [9.17, 15) is 4.79 Å². The summed E-state index contributed by atoms with van der Waals surface area (Å²) in [5.41, 5.74) is 0.646. The zero-order valence-electron chi connectivity index (χ0n) is 10.2. The van der Waals surface area contributed by atoms with Gasteiger partial charge in [0, 0.05) is 0 Å². The van der Waals surface area contributed by atoms with E-state index >= 15 is 0 Å². The van der Waals surface area contributed by atoms with Gasteiger partial charge in [-0.25, -0.2) is 4.79 Å². The lowest BCUT2D eigenvalue weighted by Crippen LogP contribution is -2.08. The molecule has 0 unspecified atom stereocenters. The van der Waals surface area contributed by atoms with E-state index < -0.39 is 0 Å². The SMILES string of the molecule is CCOC(=O)c1ccc(P(CC)CC)cc1. The quantitative estimate of drug-likeness (QED) is 0.582. The highest BCUT2D eigenvalue weighted by Crippen LogP contribution is 2.32. The van der Waals surface area contributed by atoms with Gasteiger partial charge in [0.1, 0.15) is 0 Å². The number of carbonyl (C=O) groups is 1. The Bertz CT molecular complexity index is 328. The van der Waals surface area contributed by atoms with Gasteiger partial charge in [0.05, 0.1) is 12.2 Å². The molecule has 1 aromatic rings. The molecule has 0 atom stereocenters. The van der Waals surface area contributed by atoms with Crippen LogP contribution in [-0.2, 0) is 4.74 Å². The Morgan fingerprint density at radius 3 is 2.12 bits per heavy atom. The van der Waals surface area contributed by atoms with Crippen molar-refractivity contribution in [2.24, 2.45) is 0 Å². The summed E-state index contributed by atoms with van der Waals surface area (Å²) in [6, 6.07) is 7.86. The van der Waals surface area contributed by atoms with Crippen LogP contribution in [0.25, 0.3) is 0 Å². The Kier molecular flexibility index (Phi) is 5.48. The first kappa shape index (κ1) is 13.2. The number of carbonyl (C=O) groups excluding carboxylic acids is 1. The van der Waals surface area contributed by atoms with Crippen LogP contribution in [0, 0.1) is 0 Å². The molecule has 3 heteroatoms. The Morgan fingerprint density at radius 2 is 1.69 bits per heavy atom. The predicted octanol–water partition coefficient (Wildman–Crippen LogP) is 3.01. The normalized spacial score (nSPS) is 10.5. The molecule has 16 heavy (non-hydrogen) atoms. The van der Waals surface area contributed by atoms with Crippen molar-refractivity contribution in [3.05, 3.63) is 29.8 Å². The molecule has 0 heterocycles. The van der Waals surface area contributed by atoms with Gasteiger partial charge in [-0.05, 0) is 36.7 Å². The maximum atomic E-state index is 11.4. The third-order valence-corrected chi connectivity index (χ3v) is 5.06. The van der Waals surface area contributed by atoms with Gasteiger partial charge >= 0.3 is 5.97 Å². The highest BCUT2D eigenvalue weighted by atomic mass is 31.1. The van der Waals surface area contributed by atoms with E-state index in [0.29, 0.717) is 12.2 Å². The number of rotatable bonds is 5. The van der Waals surface area contributed by atoms with Crippen LogP contribution >= 0.6 is 7.92 Å². The van der Waals surface area contributed by atoms with Crippen molar-refractivity contribution in [1.29, 1.82) is 0 Å². The zero-order valence-corrected chi connectivity index (χ0v) is 11.1. The Labute approximate surface area is 98.8 Å². The summed E-state index contributed by atoms with van der Waals surface area (Å²) in [5.74, 6) is -0.230. The minimum Gasteiger partial charge on any atom is -0.462 e. The molecule has 0 saturated carbocycles. The molecule has 0 fully saturated rings. The van der Waals surface area contributed by atoms with Crippen LogP contribution < -0.4 is 5.30 Å². The van der Waals surface area contributed by atoms with E-state index in [4.69, 9.17) is 4.74 Å². The summed E-state index contributed by atoms with van der Waals surface area (Å²) in [7, 11) is -0.0430. The first-order valence-electron chi connectivity index (χ1n) is 5.75. The third kappa shape index (κ3) is 3.31. The van der Waals surface area contributed by atoms with Gasteiger partial charge in [-0.3, -0.25) is 0 Å². The molecule has 1 rings (SSSR count). The van der Waals surface area contributed by atoms with Gasteiger partial charge in [-0.1, -0.05) is 33.9 Å². The Morgan fingerprint density at radius 1 is 1.12 bits per heavy atom. The van der Waals surface area contributed by atoms with Crippen molar-refractivity contribution < 1.29 is 9.53 Å². The second kappa shape index (κ2) is 6.65. The molecule has 2 nitrogen and oxygen atoms in total. The number of hydrogen-bond acceptors (Lipinski definition) is 2. The summed E-state index contributed by atoms with van der Waals surface area (Å²) in [6.45, 7) is 6.68. The molecule has 0 aliphatic rings. The average Bonchev–Trinajstić information content (AvgIpc) is 2.32. The summed E-state index contributed by atoms with van der Waals surface area (Å²) >= 11 is 0. The lowest BCUT2D eigenvalue weighted by Gasteiger charge is -2.13. The first-order chi connectivity index (χ1) is 7.72. The van der Waals surface area contributed by atoms with Crippen molar-refractivity contribution in [1.82, 2.24) is 0 Å². The highest BCUT2D eigenvalue weighted by molar-refractivity contribution is 7.65. The molecule has 0 bridgehead atoms. The largest absolute Gasteiger partial charge is 0.462 e. The van der Waals surface area contributed by atoms with Gasteiger partial charge in [-0.2, -0.15) is 0 Å². The molecule has 0 aliphatic heterocycles. The summed E-state index contributed by atoms with van der Waals surface area (Å²) in [4.78, 5) is 11.4. The second-order valence-corrected chi connectivity index (χ2v) is 6.30. The third-order valence-electron chi connectivity index (χ3n) is 2.51. The first-order valence-corrected chi connectivity index (χ1v) is 7.46. The fourth-order valence-electron chi connectivity index (χ4n) is 1.61. The molecule has 0 amide bonds. The van der Waals surface area contributed by atoms with Crippen LogP contribution in [0.5, 0.6) is 0 Å². The molecule has 0 aromatic heterocycles. The number of ether oxygens (including phenoxy) is 1. The molecule has 88 valence electrons. The fourth-order valence-corrected chi connectivity index (χ4v) is 3.36. The molecule has 1 aromatic carbocycles. The number of hydrogen-bond donors (Lipinski definition) is 0. The van der Waals surface area contributed by atoms with Crippen LogP contribution in [0.3, 0.4) is 0 Å². The van der Waals surface area contributed by atoms with Gasteiger partial charge in [0.2, 0.25) is 0 Å². The summed E-state index contributed by atoms with van der Waals surface area (Å²) in [6.07, 6.45) is 2.40. The topological polar surface area (TPSA) is 26.3 Å². The van der Waals surface area contributed by atoms with Crippen molar-refractivity contribution in [2.45, 2.75) is 20.8 Å². The minimum absolute atomic E-state index is 0.0430. The van der Waals surface area contributed by atoms with E-state index in [1.165, 1.54) is 17.6 Å². The van der Waals surface area contributed by atoms with Crippen molar-refractivity contribution >= 4 is 19.2 Å². The van der Waals surface area contributed by atoms with Crippen LogP contribution in [0.1, 0.15) is 31.1 Å². The molecule has 0 aliphatic carbocycles. The van der Waals surface area contributed by atoms with Crippen LogP contribution in [-0.4, -0.2) is 24.9 Å². The van der Waals surface area contributed by atoms with Crippen LogP contribution in [0.4, 0.5) is 0 Å². The maximum Gasteiger partial charge on any atom is 0.338 e. The Balaban J connectivity index is 2.78. The fraction of sp³-hybridized carbons (Fsp3) is 0.462. The van der Waals surface area contributed by atoms with E-state index in [1.807, 2.05) is 19.1 Å². The molecular weight excluding hydrogens is 219 g/mol. The van der Waals surface area contributed by atoms with E-state index in [2.05, 4.69) is 26.0 Å². The molecular formula is C13H19O2P. The second-order valence-electron chi connectivity index (χ2n) is 3.44. The average molecular weight is 238 g/mol. The van der Waals surface area contributed by atoms with E-state index in [1.54, 1.807) is 0 Å². The Hall–Kier alpha value is -0.880. The smallest absolute Gasteiger partial charge is 0.338 e. The maximum absolute atomic E-state index is 11.4. The van der Waals surface area contributed by atoms with E-state index in [0.717, 1.165) is 0 Å². The molecule has 0 N–H and O–H groups in total. The lowest BCUT2D eigenvalue weighted by atomic mass is 10.2. The number of benzene rings is 1. The number of esters is 1. The zero-order chi connectivity index (χ0) is 12.0. The van der Waals surface area contributed by atoms with Gasteiger partial charge in [0.15, 0.2) is 0 Å².